The molecule has 0 aliphatic rings. The number of carbonyl (C=O) groups is 1. The molecule has 0 unspecified atom stereocenters. The van der Waals surface area contributed by atoms with E-state index in [0.717, 1.165) is 5.56 Å². The number of carboxylic acids is 1. The maximum atomic E-state index is 11.3. The number of nitrogens with zero attached hydrogens (tertiary/aromatic N) is 2. The molecule has 106 valence electrons. The summed E-state index contributed by atoms with van der Waals surface area (Å²) in [6.07, 6.45) is 1.61. The third-order valence-corrected chi connectivity index (χ3v) is 3.17. The van der Waals surface area contributed by atoms with Crippen molar-refractivity contribution in [2.75, 3.05) is 0 Å². The van der Waals surface area contributed by atoms with Crippen LogP contribution in [0.15, 0.2) is 30.5 Å². The normalized spacial score (nSPS) is 11.6. The number of benzene rings is 1. The van der Waals surface area contributed by atoms with Gasteiger partial charge in [-0.05, 0) is 12.5 Å². The van der Waals surface area contributed by atoms with E-state index in [9.17, 15) is 9.90 Å². The third kappa shape index (κ3) is 3.07. The van der Waals surface area contributed by atoms with Gasteiger partial charge in [0.05, 0.1) is 12.2 Å². The van der Waals surface area contributed by atoms with Gasteiger partial charge in [0.2, 0.25) is 0 Å². The summed E-state index contributed by atoms with van der Waals surface area (Å²) in [5.74, 6) is -0.926. The molecular formula is C16H20N2O2. The molecule has 1 heterocycles. The van der Waals surface area contributed by atoms with Gasteiger partial charge in [-0.25, -0.2) is 4.79 Å². The van der Waals surface area contributed by atoms with Gasteiger partial charge >= 0.3 is 5.97 Å². The Balaban J connectivity index is 2.34. The van der Waals surface area contributed by atoms with Crippen molar-refractivity contribution in [3.05, 3.63) is 52.8 Å². The lowest BCUT2D eigenvalue weighted by molar-refractivity contribution is 0.0694. The second-order valence-electron chi connectivity index (χ2n) is 6.13. The topological polar surface area (TPSA) is 55.1 Å². The fourth-order valence-electron chi connectivity index (χ4n) is 2.09. The number of aromatic nitrogens is 2. The van der Waals surface area contributed by atoms with Crippen LogP contribution >= 0.6 is 0 Å². The molecule has 0 radical (unpaired) electrons. The number of aryl methyl sites for hydroxylation is 1. The maximum absolute atomic E-state index is 11.3. The van der Waals surface area contributed by atoms with Crippen molar-refractivity contribution in [2.24, 2.45) is 0 Å². The highest BCUT2D eigenvalue weighted by atomic mass is 16.4. The van der Waals surface area contributed by atoms with Crippen LogP contribution in [0.3, 0.4) is 0 Å². The van der Waals surface area contributed by atoms with Gasteiger partial charge in [-0.2, -0.15) is 5.10 Å². The van der Waals surface area contributed by atoms with E-state index >= 15 is 0 Å². The highest BCUT2D eigenvalue weighted by Crippen LogP contribution is 2.24. The molecule has 20 heavy (non-hydrogen) atoms. The summed E-state index contributed by atoms with van der Waals surface area (Å²) in [6, 6.07) is 8.16. The first-order chi connectivity index (χ1) is 9.27. The summed E-state index contributed by atoms with van der Waals surface area (Å²) in [5, 5.41) is 13.7. The molecule has 0 saturated carbocycles. The molecule has 0 aliphatic heterocycles. The van der Waals surface area contributed by atoms with Crippen molar-refractivity contribution in [3.8, 4) is 0 Å². The van der Waals surface area contributed by atoms with Gasteiger partial charge in [0, 0.05) is 11.6 Å². The van der Waals surface area contributed by atoms with Gasteiger partial charge in [-0.1, -0.05) is 50.6 Å². The van der Waals surface area contributed by atoms with Crippen molar-refractivity contribution in [3.63, 3.8) is 0 Å². The fraction of sp³-hybridized carbons (Fsp3) is 0.375. The molecule has 4 nitrogen and oxygen atoms in total. The minimum absolute atomic E-state index is 0.282. The Morgan fingerprint density at radius 2 is 1.85 bits per heavy atom. The molecule has 0 fully saturated rings. The third-order valence-electron chi connectivity index (χ3n) is 3.17. The molecular weight excluding hydrogens is 252 g/mol. The van der Waals surface area contributed by atoms with E-state index in [4.69, 9.17) is 0 Å². The standard InChI is InChI=1S/C16H20N2O2/c1-11-5-7-12(8-6-11)9-18-10-13(15(19)20)14(17-18)16(2,3)4/h5-8,10H,9H2,1-4H3,(H,19,20). The first-order valence-electron chi connectivity index (χ1n) is 6.64. The van der Waals surface area contributed by atoms with Crippen LogP contribution in [0.2, 0.25) is 0 Å². The number of rotatable bonds is 3. The van der Waals surface area contributed by atoms with Crippen LogP contribution in [-0.2, 0) is 12.0 Å². The zero-order chi connectivity index (χ0) is 14.9. The maximum Gasteiger partial charge on any atom is 0.339 e. The molecule has 0 aliphatic carbocycles. The van der Waals surface area contributed by atoms with Crippen LogP contribution < -0.4 is 0 Å². The van der Waals surface area contributed by atoms with Gasteiger partial charge in [-0.15, -0.1) is 0 Å². The van der Waals surface area contributed by atoms with Crippen molar-refractivity contribution < 1.29 is 9.90 Å². The Hall–Kier alpha value is -2.10. The average molecular weight is 272 g/mol. The molecule has 4 heteroatoms. The van der Waals surface area contributed by atoms with E-state index < -0.39 is 5.97 Å². The molecule has 0 atom stereocenters. The van der Waals surface area contributed by atoms with Crippen LogP contribution in [0.4, 0.5) is 0 Å². The van der Waals surface area contributed by atoms with Crippen molar-refractivity contribution in [1.82, 2.24) is 9.78 Å². The minimum atomic E-state index is -0.926. The quantitative estimate of drug-likeness (QED) is 0.933. The van der Waals surface area contributed by atoms with Gasteiger partial charge in [-0.3, -0.25) is 4.68 Å². The van der Waals surface area contributed by atoms with E-state index in [1.807, 2.05) is 52.0 Å². The monoisotopic (exact) mass is 272 g/mol. The van der Waals surface area contributed by atoms with Gasteiger partial charge in [0.1, 0.15) is 5.56 Å². The summed E-state index contributed by atoms with van der Waals surface area (Å²) in [7, 11) is 0. The van der Waals surface area contributed by atoms with E-state index in [1.165, 1.54) is 5.56 Å². The fourth-order valence-corrected chi connectivity index (χ4v) is 2.09. The molecule has 0 amide bonds. The van der Waals surface area contributed by atoms with E-state index in [1.54, 1.807) is 10.9 Å². The number of hydrogen-bond donors (Lipinski definition) is 1. The summed E-state index contributed by atoms with van der Waals surface area (Å²) in [6.45, 7) is 8.53. The van der Waals surface area contributed by atoms with Crippen LogP contribution in [-0.4, -0.2) is 20.9 Å². The minimum Gasteiger partial charge on any atom is -0.478 e. The van der Waals surface area contributed by atoms with Crippen LogP contribution in [0.1, 0.15) is 48.0 Å². The zero-order valence-electron chi connectivity index (χ0n) is 12.3. The predicted octanol–water partition coefficient (Wildman–Crippen LogP) is 3.24. The smallest absolute Gasteiger partial charge is 0.339 e. The van der Waals surface area contributed by atoms with Crippen molar-refractivity contribution in [1.29, 1.82) is 0 Å². The molecule has 2 rings (SSSR count). The number of carboxylic acid groups (broad SMARTS) is 1. The Morgan fingerprint density at radius 3 is 2.30 bits per heavy atom. The SMILES string of the molecule is Cc1ccc(Cn2cc(C(=O)O)c(C(C)(C)C)n2)cc1. The molecule has 1 aromatic carbocycles. The second-order valence-corrected chi connectivity index (χ2v) is 6.13. The Labute approximate surface area is 119 Å². The van der Waals surface area contributed by atoms with Gasteiger partial charge in [0.25, 0.3) is 0 Å². The van der Waals surface area contributed by atoms with Crippen LogP contribution in [0.5, 0.6) is 0 Å². The molecule has 0 saturated heterocycles. The summed E-state index contributed by atoms with van der Waals surface area (Å²) < 4.78 is 1.70. The van der Waals surface area contributed by atoms with Crippen LogP contribution in [0.25, 0.3) is 0 Å². The van der Waals surface area contributed by atoms with Gasteiger partial charge < -0.3 is 5.11 Å². The summed E-state index contributed by atoms with van der Waals surface area (Å²) in [5.41, 5.74) is 2.93. The largest absolute Gasteiger partial charge is 0.478 e. The Morgan fingerprint density at radius 1 is 1.25 bits per heavy atom. The highest BCUT2D eigenvalue weighted by molar-refractivity contribution is 5.89. The highest BCUT2D eigenvalue weighted by Gasteiger charge is 2.25. The number of hydrogen-bond acceptors (Lipinski definition) is 2. The summed E-state index contributed by atoms with van der Waals surface area (Å²) >= 11 is 0. The summed E-state index contributed by atoms with van der Waals surface area (Å²) in [4.78, 5) is 11.3. The van der Waals surface area contributed by atoms with E-state index in [0.29, 0.717) is 12.2 Å². The Kier molecular flexibility index (Phi) is 3.66. The predicted molar refractivity (Wildman–Crippen MR) is 78.2 cm³/mol. The first-order valence-corrected chi connectivity index (χ1v) is 6.64. The van der Waals surface area contributed by atoms with E-state index in [2.05, 4.69) is 5.10 Å². The second kappa shape index (κ2) is 5.12. The molecule has 0 spiro atoms. The lowest BCUT2D eigenvalue weighted by atomic mass is 9.90. The Bertz CT molecular complexity index is 619. The lowest BCUT2D eigenvalue weighted by Crippen LogP contribution is -2.16. The molecule has 2 aromatic rings. The lowest BCUT2D eigenvalue weighted by Gasteiger charge is -2.16. The van der Waals surface area contributed by atoms with Crippen LogP contribution in [0, 0.1) is 6.92 Å². The van der Waals surface area contributed by atoms with Gasteiger partial charge in [0.15, 0.2) is 0 Å². The number of aromatic carboxylic acids is 1. The molecule has 1 aromatic heterocycles. The molecule has 1 N–H and O–H groups in total. The zero-order valence-corrected chi connectivity index (χ0v) is 12.3. The van der Waals surface area contributed by atoms with Crippen molar-refractivity contribution >= 4 is 5.97 Å². The molecule has 0 bridgehead atoms. The van der Waals surface area contributed by atoms with E-state index in [-0.39, 0.29) is 11.0 Å². The van der Waals surface area contributed by atoms with Crippen molar-refractivity contribution in [2.45, 2.75) is 39.7 Å². The average Bonchev–Trinajstić information content (AvgIpc) is 2.76. The first kappa shape index (κ1) is 14.3.